The predicted octanol–water partition coefficient (Wildman–Crippen LogP) is 9.16. The van der Waals surface area contributed by atoms with Crippen molar-refractivity contribution in [2.45, 2.75) is 8.59 Å². The Kier molecular flexibility index (Phi) is 14.0. The first-order valence-electron chi connectivity index (χ1n) is 9.69. The minimum Gasteiger partial charge on any atom is -0.494 e. The number of alkyl halides is 6. The van der Waals surface area contributed by atoms with Gasteiger partial charge in [0.2, 0.25) is 0 Å². The summed E-state index contributed by atoms with van der Waals surface area (Å²) in [4.78, 5) is 0. The number of azo groups is 1. The standard InChI is InChI=1S/C18H16Br2N2O6.2CHCl3/c1-23-11-7-9(19)15-17(27-5-3-25-15)13(11)21-22-14-12(24-2)8-10(20)16-18(14)28-6-4-26-16;2*2-1(3)4/h7-8H,3-6H2,1-2H3;2*1H. The second-order valence-electron chi connectivity index (χ2n) is 6.22. The Morgan fingerprint density at radius 2 is 0.917 bits per heavy atom. The highest BCUT2D eigenvalue weighted by Crippen LogP contribution is 2.53. The molecule has 2 aliphatic rings. The van der Waals surface area contributed by atoms with E-state index in [0.29, 0.717) is 81.2 Å². The zero-order valence-corrected chi connectivity index (χ0v) is 26.2. The Hall–Kier alpha value is -0.460. The Morgan fingerprint density at radius 3 is 1.19 bits per heavy atom. The topological polar surface area (TPSA) is 80.1 Å². The third-order valence-electron chi connectivity index (χ3n) is 4.10. The van der Waals surface area contributed by atoms with Gasteiger partial charge in [-0.15, -0.1) is 10.2 Å². The van der Waals surface area contributed by atoms with Crippen molar-refractivity contribution in [3.8, 4) is 34.5 Å². The summed E-state index contributed by atoms with van der Waals surface area (Å²) in [7, 11) is 3.10. The highest BCUT2D eigenvalue weighted by molar-refractivity contribution is 9.11. The molecule has 2 aliphatic heterocycles. The lowest BCUT2D eigenvalue weighted by Gasteiger charge is -2.23. The molecule has 2 aromatic rings. The number of halogens is 8. The molecule has 0 bridgehead atoms. The number of ether oxygens (including phenoxy) is 6. The molecule has 0 saturated carbocycles. The minimum absolute atomic E-state index is 0.406. The molecule has 0 atom stereocenters. The van der Waals surface area contributed by atoms with Crippen molar-refractivity contribution in [3.63, 3.8) is 0 Å². The highest BCUT2D eigenvalue weighted by Gasteiger charge is 2.26. The molecule has 16 heteroatoms. The Labute approximate surface area is 254 Å². The van der Waals surface area contributed by atoms with E-state index in [-0.39, 0.29) is 0 Å². The van der Waals surface area contributed by atoms with E-state index in [2.05, 4.69) is 42.1 Å². The van der Waals surface area contributed by atoms with Crippen molar-refractivity contribution < 1.29 is 28.4 Å². The van der Waals surface area contributed by atoms with E-state index < -0.39 is 8.59 Å². The summed E-state index contributed by atoms with van der Waals surface area (Å²) in [5.41, 5.74) is 0.826. The van der Waals surface area contributed by atoms with Crippen molar-refractivity contribution in [3.05, 3.63) is 21.1 Å². The van der Waals surface area contributed by atoms with E-state index in [0.717, 1.165) is 0 Å². The predicted molar refractivity (Wildman–Crippen MR) is 150 cm³/mol. The quantitative estimate of drug-likeness (QED) is 0.229. The second kappa shape index (κ2) is 15.8. The van der Waals surface area contributed by atoms with Crippen LogP contribution in [0.15, 0.2) is 31.3 Å². The number of hydrogen-bond acceptors (Lipinski definition) is 8. The fourth-order valence-corrected chi connectivity index (χ4v) is 3.87. The Morgan fingerprint density at radius 1 is 0.639 bits per heavy atom. The molecule has 0 spiro atoms. The van der Waals surface area contributed by atoms with E-state index in [4.69, 9.17) is 98.0 Å². The molecule has 0 fully saturated rings. The zero-order chi connectivity index (χ0) is 26.8. The molecule has 4 rings (SSSR count). The maximum Gasteiger partial charge on any atom is 0.194 e. The summed E-state index contributed by atoms with van der Waals surface area (Å²) in [5, 5.41) is 8.78. The molecule has 0 unspecified atom stereocenters. The fraction of sp³-hybridized carbons (Fsp3) is 0.400. The lowest BCUT2D eigenvalue weighted by Crippen LogP contribution is -2.16. The summed E-state index contributed by atoms with van der Waals surface area (Å²) in [6.45, 7) is 1.72. The number of hydrogen-bond donors (Lipinski definition) is 0. The molecule has 2 heterocycles. The van der Waals surface area contributed by atoms with Crippen molar-refractivity contribution in [2.75, 3.05) is 40.6 Å². The minimum atomic E-state index is -0.750. The normalized spacial score (nSPS) is 13.6. The molecule has 0 saturated heterocycles. The van der Waals surface area contributed by atoms with E-state index >= 15 is 0 Å². The molecule has 0 aliphatic carbocycles. The van der Waals surface area contributed by atoms with Crippen LogP contribution < -0.4 is 28.4 Å². The molecule has 0 aromatic heterocycles. The number of fused-ring (bicyclic) bond motifs is 2. The smallest absolute Gasteiger partial charge is 0.194 e. The van der Waals surface area contributed by atoms with Gasteiger partial charge in [0.25, 0.3) is 0 Å². The van der Waals surface area contributed by atoms with E-state index in [1.54, 1.807) is 26.4 Å². The first kappa shape index (κ1) is 31.8. The summed E-state index contributed by atoms with van der Waals surface area (Å²) in [6.07, 6.45) is 0. The van der Waals surface area contributed by atoms with Crippen LogP contribution in [-0.2, 0) is 0 Å². The van der Waals surface area contributed by atoms with Crippen molar-refractivity contribution >= 4 is 113 Å². The molecule has 8 nitrogen and oxygen atoms in total. The molecule has 2 aromatic carbocycles. The van der Waals surface area contributed by atoms with Crippen LogP contribution in [0, 0.1) is 0 Å². The average molecular weight is 755 g/mol. The van der Waals surface area contributed by atoms with Crippen LogP contribution >= 0.6 is 101 Å². The van der Waals surface area contributed by atoms with Crippen LogP contribution in [-0.4, -0.2) is 49.2 Å². The summed E-state index contributed by atoms with van der Waals surface area (Å²) >= 11 is 35.8. The summed E-state index contributed by atoms with van der Waals surface area (Å²) in [5.74, 6) is 3.02. The third-order valence-corrected chi connectivity index (χ3v) is 5.28. The third kappa shape index (κ3) is 9.08. The molecule has 200 valence electrons. The molecule has 0 N–H and O–H groups in total. The number of nitrogens with zero attached hydrogens (tertiary/aromatic N) is 2. The van der Waals surface area contributed by atoms with Crippen LogP contribution in [0.25, 0.3) is 0 Å². The van der Waals surface area contributed by atoms with Gasteiger partial charge in [-0.1, -0.05) is 69.6 Å². The monoisotopic (exact) mass is 750 g/mol. The van der Waals surface area contributed by atoms with Gasteiger partial charge < -0.3 is 28.4 Å². The average Bonchev–Trinajstić information content (AvgIpc) is 2.83. The highest BCUT2D eigenvalue weighted by atomic mass is 79.9. The van der Waals surface area contributed by atoms with Crippen molar-refractivity contribution in [1.29, 1.82) is 0 Å². The van der Waals surface area contributed by atoms with Crippen LogP contribution in [0.4, 0.5) is 11.4 Å². The van der Waals surface area contributed by atoms with Gasteiger partial charge in [0.15, 0.2) is 54.5 Å². The molecule has 0 radical (unpaired) electrons. The molecule has 36 heavy (non-hydrogen) atoms. The Bertz CT molecular complexity index is 977. The van der Waals surface area contributed by atoms with E-state index in [1.807, 2.05) is 0 Å². The van der Waals surface area contributed by atoms with Gasteiger partial charge in [-0.2, -0.15) is 0 Å². The van der Waals surface area contributed by atoms with E-state index in [9.17, 15) is 0 Å². The van der Waals surface area contributed by atoms with Gasteiger partial charge in [-0.25, -0.2) is 0 Å². The largest absolute Gasteiger partial charge is 0.494 e. The second-order valence-corrected chi connectivity index (χ2v) is 11.9. The summed E-state index contributed by atoms with van der Waals surface area (Å²) < 4.78 is 33.8. The van der Waals surface area contributed by atoms with Gasteiger partial charge in [0.1, 0.15) is 26.4 Å². The number of benzene rings is 2. The summed E-state index contributed by atoms with van der Waals surface area (Å²) in [6, 6.07) is 3.52. The molecular weight excluding hydrogens is 737 g/mol. The SMILES string of the molecule is COc1cc(Br)c2c(c1N=Nc1c(OC)cc(Br)c3c1OCCO3)OCCO2.ClC(Cl)Cl.ClC(Cl)Cl. The maximum atomic E-state index is 5.77. The Balaban J connectivity index is 0.000000501. The van der Waals surface area contributed by atoms with Crippen LogP contribution in [0.5, 0.6) is 34.5 Å². The van der Waals surface area contributed by atoms with Crippen LogP contribution in [0.1, 0.15) is 0 Å². The van der Waals surface area contributed by atoms with Crippen LogP contribution in [0.3, 0.4) is 0 Å². The molecular formula is C20H18Br2Cl6N2O6. The van der Waals surface area contributed by atoms with Crippen molar-refractivity contribution in [2.24, 2.45) is 10.2 Å². The van der Waals surface area contributed by atoms with Gasteiger partial charge in [-0.3, -0.25) is 0 Å². The first-order chi connectivity index (χ1) is 17.1. The fourth-order valence-electron chi connectivity index (χ4n) is 2.87. The number of rotatable bonds is 4. The zero-order valence-electron chi connectivity index (χ0n) is 18.5. The van der Waals surface area contributed by atoms with Gasteiger partial charge >= 0.3 is 0 Å². The van der Waals surface area contributed by atoms with Gasteiger partial charge in [-0.05, 0) is 31.9 Å². The van der Waals surface area contributed by atoms with Gasteiger partial charge in [0.05, 0.1) is 23.2 Å². The lowest BCUT2D eigenvalue weighted by molar-refractivity contribution is 0.170. The van der Waals surface area contributed by atoms with Crippen LogP contribution in [0.2, 0.25) is 0 Å². The molecule has 0 amide bonds. The van der Waals surface area contributed by atoms with E-state index in [1.165, 1.54) is 0 Å². The van der Waals surface area contributed by atoms with Crippen molar-refractivity contribution in [1.82, 2.24) is 0 Å². The van der Waals surface area contributed by atoms with Gasteiger partial charge in [0, 0.05) is 12.1 Å². The lowest BCUT2D eigenvalue weighted by atomic mass is 10.2. The number of methoxy groups -OCH3 is 2. The first-order valence-corrected chi connectivity index (χ1v) is 13.9. The maximum absolute atomic E-state index is 5.77.